The van der Waals surface area contributed by atoms with Gasteiger partial charge in [0.25, 0.3) is 0 Å². The molecule has 138 valence electrons. The highest BCUT2D eigenvalue weighted by atomic mass is 16.3. The Morgan fingerprint density at radius 1 is 0.625 bits per heavy atom. The van der Waals surface area contributed by atoms with E-state index >= 15 is 0 Å². The molecule has 0 radical (unpaired) electrons. The molecule has 0 saturated carbocycles. The first-order valence-corrected chi connectivity index (χ1v) is 8.25. The predicted octanol–water partition coefficient (Wildman–Crippen LogP) is -1.52. The fourth-order valence-electron chi connectivity index (χ4n) is 2.17. The second kappa shape index (κ2) is 8.95. The van der Waals surface area contributed by atoms with E-state index in [0.29, 0.717) is 19.3 Å². The number of nitrogens with zero attached hydrogens (tertiary/aromatic N) is 3. The summed E-state index contributed by atoms with van der Waals surface area (Å²) in [5.41, 5.74) is -2.60. The molecule has 1 heterocycles. The maximum absolute atomic E-state index is 12.4. The van der Waals surface area contributed by atoms with E-state index < -0.39 is 35.4 Å². The highest BCUT2D eigenvalue weighted by molar-refractivity contribution is 4.82. The highest BCUT2D eigenvalue weighted by Crippen LogP contribution is 1.95. The molecule has 0 spiro atoms. The van der Waals surface area contributed by atoms with Gasteiger partial charge in [0.05, 0.1) is 37.9 Å². The summed E-state index contributed by atoms with van der Waals surface area (Å²) in [6.45, 7) is 4.35. The van der Waals surface area contributed by atoms with Crippen molar-refractivity contribution in [2.75, 3.05) is 0 Å². The van der Waals surface area contributed by atoms with Gasteiger partial charge >= 0.3 is 17.1 Å². The Kier molecular flexibility index (Phi) is 7.59. The van der Waals surface area contributed by atoms with E-state index in [2.05, 4.69) is 0 Å². The number of hydrogen-bond donors (Lipinski definition) is 3. The third-order valence-corrected chi connectivity index (χ3v) is 3.98. The van der Waals surface area contributed by atoms with Crippen LogP contribution in [0.1, 0.15) is 40.0 Å². The summed E-state index contributed by atoms with van der Waals surface area (Å²) in [6, 6.07) is 0. The number of hydrogen-bond acceptors (Lipinski definition) is 6. The van der Waals surface area contributed by atoms with Gasteiger partial charge in [-0.05, 0) is 19.3 Å². The van der Waals surface area contributed by atoms with Gasteiger partial charge in [0.1, 0.15) is 0 Å². The number of rotatable bonds is 9. The predicted molar refractivity (Wildman–Crippen MR) is 88.1 cm³/mol. The van der Waals surface area contributed by atoms with Gasteiger partial charge < -0.3 is 15.3 Å². The molecule has 0 aromatic carbocycles. The molecule has 3 N–H and O–H groups in total. The van der Waals surface area contributed by atoms with Crippen LogP contribution in [-0.2, 0) is 19.6 Å². The molecule has 1 aromatic heterocycles. The molecular formula is C15H27N3O6. The van der Waals surface area contributed by atoms with Crippen molar-refractivity contribution in [1.82, 2.24) is 13.7 Å². The topological polar surface area (TPSA) is 127 Å². The van der Waals surface area contributed by atoms with Crippen LogP contribution in [-0.4, -0.2) is 47.3 Å². The third-order valence-electron chi connectivity index (χ3n) is 3.98. The molecule has 0 saturated heterocycles. The lowest BCUT2D eigenvalue weighted by atomic mass is 10.2. The fourth-order valence-corrected chi connectivity index (χ4v) is 2.17. The molecule has 0 aliphatic heterocycles. The summed E-state index contributed by atoms with van der Waals surface area (Å²) >= 11 is 0. The second-order valence-corrected chi connectivity index (χ2v) is 5.87. The molecule has 9 heteroatoms. The molecule has 0 fully saturated rings. The molecule has 1 aromatic rings. The summed E-state index contributed by atoms with van der Waals surface area (Å²) in [5, 5.41) is 29.3. The Hall–Kier alpha value is -1.71. The molecule has 1 rings (SSSR count). The number of aliphatic hydroxyl groups is 3. The van der Waals surface area contributed by atoms with Crippen LogP contribution >= 0.6 is 0 Å². The quantitative estimate of drug-likeness (QED) is 0.499. The lowest BCUT2D eigenvalue weighted by Crippen LogP contribution is -2.57. The minimum Gasteiger partial charge on any atom is -0.391 e. The van der Waals surface area contributed by atoms with Crippen LogP contribution in [0.3, 0.4) is 0 Å². The van der Waals surface area contributed by atoms with Crippen molar-refractivity contribution < 1.29 is 15.3 Å². The summed E-state index contributed by atoms with van der Waals surface area (Å²) in [4.78, 5) is 37.3. The molecular weight excluding hydrogens is 318 g/mol. The summed E-state index contributed by atoms with van der Waals surface area (Å²) in [7, 11) is 0. The molecule has 3 unspecified atom stereocenters. The third kappa shape index (κ3) is 4.65. The SMILES string of the molecule is CCC(O)Cn1c(=O)n(CC(O)CC)c(=O)n(CC(O)CC)c1=O. The van der Waals surface area contributed by atoms with Gasteiger partial charge in [-0.25, -0.2) is 28.1 Å². The minimum atomic E-state index is -0.915. The van der Waals surface area contributed by atoms with Gasteiger partial charge in [-0.1, -0.05) is 20.8 Å². The monoisotopic (exact) mass is 345 g/mol. The standard InChI is InChI=1S/C15H27N3O6/c1-4-10(19)7-16-13(22)17(8-11(20)5-2)15(24)18(14(16)23)9-12(21)6-3/h10-12,19-21H,4-9H2,1-3H3. The number of aliphatic hydroxyl groups excluding tert-OH is 3. The van der Waals surface area contributed by atoms with Gasteiger partial charge in [-0.2, -0.15) is 0 Å². The molecule has 0 aliphatic carbocycles. The largest absolute Gasteiger partial charge is 0.391 e. The molecule has 0 bridgehead atoms. The van der Waals surface area contributed by atoms with Gasteiger partial charge in [-0.3, -0.25) is 0 Å². The van der Waals surface area contributed by atoms with Gasteiger partial charge in [-0.15, -0.1) is 0 Å². The van der Waals surface area contributed by atoms with Crippen LogP contribution in [0, 0.1) is 0 Å². The van der Waals surface area contributed by atoms with Crippen molar-refractivity contribution >= 4 is 0 Å². The Morgan fingerprint density at radius 3 is 1.00 bits per heavy atom. The van der Waals surface area contributed by atoms with Crippen molar-refractivity contribution in [3.8, 4) is 0 Å². The minimum absolute atomic E-state index is 0.251. The Bertz CT molecular complexity index is 579. The maximum atomic E-state index is 12.4. The molecule has 0 aliphatic rings. The van der Waals surface area contributed by atoms with Gasteiger partial charge in [0.15, 0.2) is 0 Å². The average Bonchev–Trinajstić information content (AvgIpc) is 2.58. The van der Waals surface area contributed by atoms with E-state index in [1.807, 2.05) is 0 Å². The van der Waals surface area contributed by atoms with Crippen molar-refractivity contribution in [2.45, 2.75) is 78.0 Å². The normalized spacial score (nSPS) is 15.2. The summed E-state index contributed by atoms with van der Waals surface area (Å²) in [5.74, 6) is 0. The summed E-state index contributed by atoms with van der Waals surface area (Å²) < 4.78 is 2.33. The Balaban J connectivity index is 3.55. The van der Waals surface area contributed by atoms with E-state index in [-0.39, 0.29) is 19.6 Å². The smallest absolute Gasteiger partial charge is 0.336 e. The van der Waals surface area contributed by atoms with E-state index in [4.69, 9.17) is 0 Å². The van der Waals surface area contributed by atoms with E-state index in [1.165, 1.54) is 0 Å². The van der Waals surface area contributed by atoms with Crippen LogP contribution < -0.4 is 17.1 Å². The van der Waals surface area contributed by atoms with E-state index in [9.17, 15) is 29.7 Å². The molecule has 0 amide bonds. The van der Waals surface area contributed by atoms with Gasteiger partial charge in [0, 0.05) is 0 Å². The zero-order valence-electron chi connectivity index (χ0n) is 14.4. The Labute approximate surface area is 139 Å². The first kappa shape index (κ1) is 20.3. The molecule has 24 heavy (non-hydrogen) atoms. The average molecular weight is 345 g/mol. The zero-order valence-corrected chi connectivity index (χ0v) is 14.4. The first-order chi connectivity index (χ1) is 11.3. The zero-order chi connectivity index (χ0) is 18.4. The van der Waals surface area contributed by atoms with E-state index in [1.54, 1.807) is 20.8 Å². The molecule has 3 atom stereocenters. The lowest BCUT2D eigenvalue weighted by Gasteiger charge is -2.18. The molecule has 9 nitrogen and oxygen atoms in total. The van der Waals surface area contributed by atoms with Crippen molar-refractivity contribution in [2.24, 2.45) is 0 Å². The van der Waals surface area contributed by atoms with E-state index in [0.717, 1.165) is 13.7 Å². The highest BCUT2D eigenvalue weighted by Gasteiger charge is 2.20. The number of aromatic nitrogens is 3. The first-order valence-electron chi connectivity index (χ1n) is 8.25. The lowest BCUT2D eigenvalue weighted by molar-refractivity contribution is 0.124. The summed E-state index contributed by atoms with van der Waals surface area (Å²) in [6.07, 6.45) is -1.74. The van der Waals surface area contributed by atoms with Crippen molar-refractivity contribution in [3.05, 3.63) is 31.5 Å². The van der Waals surface area contributed by atoms with Gasteiger partial charge in [0.2, 0.25) is 0 Å². The van der Waals surface area contributed by atoms with Crippen LogP contribution in [0.2, 0.25) is 0 Å². The fraction of sp³-hybridized carbons (Fsp3) is 0.800. The Morgan fingerprint density at radius 2 is 0.833 bits per heavy atom. The second-order valence-electron chi connectivity index (χ2n) is 5.87. The van der Waals surface area contributed by atoms with Crippen molar-refractivity contribution in [3.63, 3.8) is 0 Å². The van der Waals surface area contributed by atoms with Crippen molar-refractivity contribution in [1.29, 1.82) is 0 Å². The van der Waals surface area contributed by atoms with Crippen LogP contribution in [0.15, 0.2) is 14.4 Å². The van der Waals surface area contributed by atoms with Crippen LogP contribution in [0.25, 0.3) is 0 Å². The van der Waals surface area contributed by atoms with Crippen LogP contribution in [0.5, 0.6) is 0 Å². The maximum Gasteiger partial charge on any atom is 0.336 e. The van der Waals surface area contributed by atoms with Crippen LogP contribution in [0.4, 0.5) is 0 Å².